The fourth-order valence-electron chi connectivity index (χ4n) is 2.32. The van der Waals surface area contributed by atoms with Crippen LogP contribution in [0.4, 0.5) is 0 Å². The summed E-state index contributed by atoms with van der Waals surface area (Å²) >= 11 is 1.50. The molecule has 1 unspecified atom stereocenters. The number of carbonyl (C=O) groups is 1. The highest BCUT2D eigenvalue weighted by molar-refractivity contribution is 7.98. The number of amides is 1. The predicted octanol–water partition coefficient (Wildman–Crippen LogP) is 4.65. The number of nitrogens with zero attached hydrogens (tertiary/aromatic N) is 1. The SMILES string of the molecule is CCC(C)NC(=O)c1ccccc1CSc1nc2ccccc2o1. The van der Waals surface area contributed by atoms with Crippen molar-refractivity contribution in [2.75, 3.05) is 0 Å². The zero-order chi connectivity index (χ0) is 16.9. The van der Waals surface area contributed by atoms with Crippen LogP contribution in [-0.2, 0) is 5.75 Å². The molecule has 3 aromatic rings. The Kier molecular flexibility index (Phi) is 5.20. The van der Waals surface area contributed by atoms with E-state index in [0.29, 0.717) is 16.5 Å². The van der Waals surface area contributed by atoms with E-state index in [2.05, 4.69) is 17.2 Å². The van der Waals surface area contributed by atoms with Gasteiger partial charge in [0.1, 0.15) is 5.52 Å². The molecule has 0 bridgehead atoms. The van der Waals surface area contributed by atoms with E-state index in [4.69, 9.17) is 4.42 Å². The molecular formula is C19H20N2O2S. The van der Waals surface area contributed by atoms with Crippen molar-refractivity contribution in [1.29, 1.82) is 0 Å². The third-order valence-electron chi connectivity index (χ3n) is 3.88. The van der Waals surface area contributed by atoms with E-state index in [1.54, 1.807) is 0 Å². The van der Waals surface area contributed by atoms with Crippen LogP contribution < -0.4 is 5.32 Å². The Labute approximate surface area is 145 Å². The second-order valence-corrected chi connectivity index (χ2v) is 6.60. The molecule has 124 valence electrons. The van der Waals surface area contributed by atoms with E-state index < -0.39 is 0 Å². The first-order valence-corrected chi connectivity index (χ1v) is 9.03. The lowest BCUT2D eigenvalue weighted by Gasteiger charge is -2.13. The molecule has 0 spiro atoms. The number of benzene rings is 2. The van der Waals surface area contributed by atoms with Gasteiger partial charge in [-0.1, -0.05) is 49.0 Å². The number of thioether (sulfide) groups is 1. The Hall–Kier alpha value is -2.27. The molecule has 1 amide bonds. The van der Waals surface area contributed by atoms with Gasteiger partial charge in [-0.3, -0.25) is 4.79 Å². The van der Waals surface area contributed by atoms with Crippen molar-refractivity contribution in [2.24, 2.45) is 0 Å². The Morgan fingerprint density at radius 1 is 1.21 bits per heavy atom. The second-order valence-electron chi connectivity index (χ2n) is 5.68. The molecule has 1 heterocycles. The van der Waals surface area contributed by atoms with Crippen LogP contribution in [0.1, 0.15) is 36.2 Å². The molecule has 0 radical (unpaired) electrons. The van der Waals surface area contributed by atoms with E-state index in [9.17, 15) is 4.79 Å². The van der Waals surface area contributed by atoms with Crippen LogP contribution in [-0.4, -0.2) is 16.9 Å². The molecule has 0 fully saturated rings. The number of fused-ring (bicyclic) bond motifs is 1. The molecule has 24 heavy (non-hydrogen) atoms. The quantitative estimate of drug-likeness (QED) is 0.664. The minimum Gasteiger partial charge on any atom is -0.431 e. The maximum absolute atomic E-state index is 12.4. The summed E-state index contributed by atoms with van der Waals surface area (Å²) in [6.07, 6.45) is 0.908. The molecule has 0 aliphatic carbocycles. The van der Waals surface area contributed by atoms with E-state index in [1.165, 1.54) is 11.8 Å². The zero-order valence-corrected chi connectivity index (χ0v) is 14.6. The summed E-state index contributed by atoms with van der Waals surface area (Å²) in [6.45, 7) is 4.06. The summed E-state index contributed by atoms with van der Waals surface area (Å²) in [6, 6.07) is 15.5. The van der Waals surface area contributed by atoms with Gasteiger partial charge in [-0.15, -0.1) is 0 Å². The van der Waals surface area contributed by atoms with Gasteiger partial charge in [0.05, 0.1) is 0 Å². The fourth-order valence-corrected chi connectivity index (χ4v) is 3.17. The number of nitrogens with one attached hydrogen (secondary N) is 1. The highest BCUT2D eigenvalue weighted by Crippen LogP contribution is 2.27. The van der Waals surface area contributed by atoms with Gasteiger partial charge in [0, 0.05) is 17.4 Å². The molecule has 0 aliphatic rings. The first kappa shape index (κ1) is 16.6. The van der Waals surface area contributed by atoms with Crippen LogP contribution in [0.5, 0.6) is 0 Å². The molecule has 4 nitrogen and oxygen atoms in total. The standard InChI is InChI=1S/C19H20N2O2S/c1-3-13(2)20-18(22)15-9-5-4-8-14(15)12-24-19-21-16-10-6-7-11-17(16)23-19/h4-11,13H,3,12H2,1-2H3,(H,20,22). The summed E-state index contributed by atoms with van der Waals surface area (Å²) in [5.74, 6) is 0.606. The molecule has 3 rings (SSSR count). The van der Waals surface area contributed by atoms with Crippen LogP contribution in [0.25, 0.3) is 11.1 Å². The number of para-hydroxylation sites is 2. The topological polar surface area (TPSA) is 55.1 Å². The van der Waals surface area contributed by atoms with Crippen molar-refractivity contribution in [2.45, 2.75) is 37.3 Å². The van der Waals surface area contributed by atoms with E-state index in [-0.39, 0.29) is 11.9 Å². The number of hydrogen-bond donors (Lipinski definition) is 1. The van der Waals surface area contributed by atoms with Crippen molar-refractivity contribution in [3.05, 3.63) is 59.7 Å². The summed E-state index contributed by atoms with van der Waals surface area (Å²) in [7, 11) is 0. The van der Waals surface area contributed by atoms with Crippen LogP contribution >= 0.6 is 11.8 Å². The van der Waals surface area contributed by atoms with Gasteiger partial charge < -0.3 is 9.73 Å². The Balaban J connectivity index is 1.74. The van der Waals surface area contributed by atoms with Crippen molar-refractivity contribution in [3.8, 4) is 0 Å². The number of rotatable bonds is 6. The number of oxazole rings is 1. The van der Waals surface area contributed by atoms with Gasteiger partial charge >= 0.3 is 0 Å². The number of hydrogen-bond acceptors (Lipinski definition) is 4. The molecule has 0 saturated heterocycles. The van der Waals surface area contributed by atoms with Gasteiger partial charge in [0.2, 0.25) is 0 Å². The predicted molar refractivity (Wildman–Crippen MR) is 97.2 cm³/mol. The van der Waals surface area contributed by atoms with Crippen LogP contribution in [0, 0.1) is 0 Å². The Morgan fingerprint density at radius 3 is 2.75 bits per heavy atom. The molecule has 0 aliphatic heterocycles. The zero-order valence-electron chi connectivity index (χ0n) is 13.8. The monoisotopic (exact) mass is 340 g/mol. The van der Waals surface area contributed by atoms with Crippen molar-refractivity contribution in [1.82, 2.24) is 10.3 Å². The van der Waals surface area contributed by atoms with Gasteiger partial charge in [0.15, 0.2) is 5.58 Å². The maximum Gasteiger partial charge on any atom is 0.257 e. The molecule has 5 heteroatoms. The summed E-state index contributed by atoms with van der Waals surface area (Å²) in [4.78, 5) is 16.9. The van der Waals surface area contributed by atoms with Crippen molar-refractivity contribution < 1.29 is 9.21 Å². The lowest BCUT2D eigenvalue weighted by molar-refractivity contribution is 0.0938. The van der Waals surface area contributed by atoms with E-state index in [1.807, 2.05) is 55.5 Å². The van der Waals surface area contributed by atoms with Crippen LogP contribution in [0.2, 0.25) is 0 Å². The first-order chi connectivity index (χ1) is 11.7. The van der Waals surface area contributed by atoms with Gasteiger partial charge in [-0.2, -0.15) is 0 Å². The summed E-state index contributed by atoms with van der Waals surface area (Å²) < 4.78 is 5.72. The largest absolute Gasteiger partial charge is 0.431 e. The molecular weight excluding hydrogens is 320 g/mol. The minimum absolute atomic E-state index is 0.0295. The average Bonchev–Trinajstić information content (AvgIpc) is 3.03. The molecule has 0 saturated carbocycles. The first-order valence-electron chi connectivity index (χ1n) is 8.04. The third-order valence-corrected chi connectivity index (χ3v) is 4.75. The van der Waals surface area contributed by atoms with Crippen LogP contribution in [0.15, 0.2) is 58.2 Å². The molecule has 1 atom stereocenters. The van der Waals surface area contributed by atoms with Crippen molar-refractivity contribution in [3.63, 3.8) is 0 Å². The van der Waals surface area contributed by atoms with E-state index in [0.717, 1.165) is 23.1 Å². The number of aromatic nitrogens is 1. The molecule has 1 N–H and O–H groups in total. The molecule has 1 aromatic heterocycles. The average molecular weight is 340 g/mol. The second kappa shape index (κ2) is 7.53. The van der Waals surface area contributed by atoms with Crippen LogP contribution in [0.3, 0.4) is 0 Å². The van der Waals surface area contributed by atoms with Gasteiger partial charge in [0.25, 0.3) is 11.1 Å². The fraction of sp³-hybridized carbons (Fsp3) is 0.263. The highest BCUT2D eigenvalue weighted by atomic mass is 32.2. The molecule has 2 aromatic carbocycles. The van der Waals surface area contributed by atoms with Crippen molar-refractivity contribution >= 4 is 28.8 Å². The normalized spacial score (nSPS) is 12.2. The maximum atomic E-state index is 12.4. The lowest BCUT2D eigenvalue weighted by Crippen LogP contribution is -2.32. The third kappa shape index (κ3) is 3.79. The highest BCUT2D eigenvalue weighted by Gasteiger charge is 2.14. The van der Waals surface area contributed by atoms with E-state index >= 15 is 0 Å². The summed E-state index contributed by atoms with van der Waals surface area (Å²) in [5.41, 5.74) is 3.32. The summed E-state index contributed by atoms with van der Waals surface area (Å²) in [5, 5.41) is 3.64. The lowest BCUT2D eigenvalue weighted by atomic mass is 10.1. The van der Waals surface area contributed by atoms with Gasteiger partial charge in [-0.25, -0.2) is 4.98 Å². The minimum atomic E-state index is -0.0295. The smallest absolute Gasteiger partial charge is 0.257 e. The Morgan fingerprint density at radius 2 is 1.96 bits per heavy atom. The number of carbonyl (C=O) groups excluding carboxylic acids is 1. The Bertz CT molecular complexity index is 811. The van der Waals surface area contributed by atoms with Gasteiger partial charge in [-0.05, 0) is 37.1 Å².